The van der Waals surface area contributed by atoms with E-state index in [4.69, 9.17) is 9.84 Å². The molecule has 2 N–H and O–H groups in total. The van der Waals surface area contributed by atoms with E-state index in [-0.39, 0.29) is 18.9 Å². The van der Waals surface area contributed by atoms with Crippen LogP contribution in [0.15, 0.2) is 18.2 Å². The van der Waals surface area contributed by atoms with Crippen LogP contribution in [-0.2, 0) is 33.6 Å². The lowest BCUT2D eigenvalue weighted by Crippen LogP contribution is -2.44. The number of methoxy groups -OCH3 is 1. The number of carboxylic acids is 1. The van der Waals surface area contributed by atoms with Gasteiger partial charge in [0.05, 0.1) is 13.0 Å². The lowest BCUT2D eigenvalue weighted by molar-refractivity contribution is -0.143. The van der Waals surface area contributed by atoms with Crippen molar-refractivity contribution in [3.63, 3.8) is 0 Å². The highest BCUT2D eigenvalue weighted by Gasteiger charge is 2.20. The first-order valence-corrected chi connectivity index (χ1v) is 7.22. The molecule has 1 aliphatic carbocycles. The highest BCUT2D eigenvalue weighted by molar-refractivity contribution is 5.85. The molecule has 0 spiro atoms. The highest BCUT2D eigenvalue weighted by Crippen LogP contribution is 2.22. The minimum absolute atomic E-state index is 0.0364. The first-order chi connectivity index (χ1) is 10.1. The first kappa shape index (κ1) is 15.5. The lowest BCUT2D eigenvalue weighted by atomic mass is 9.90. The van der Waals surface area contributed by atoms with Gasteiger partial charge in [0, 0.05) is 7.11 Å². The van der Waals surface area contributed by atoms with E-state index in [0.29, 0.717) is 0 Å². The molecular formula is C16H21NO4. The Morgan fingerprint density at radius 2 is 2.00 bits per heavy atom. The van der Waals surface area contributed by atoms with Gasteiger partial charge in [-0.15, -0.1) is 0 Å². The number of rotatable bonds is 6. The Hall–Kier alpha value is -1.88. The van der Waals surface area contributed by atoms with Crippen molar-refractivity contribution in [2.45, 2.75) is 38.1 Å². The van der Waals surface area contributed by atoms with Crippen LogP contribution in [0.5, 0.6) is 0 Å². The minimum Gasteiger partial charge on any atom is -0.480 e. The van der Waals surface area contributed by atoms with Gasteiger partial charge in [0.1, 0.15) is 0 Å². The molecule has 1 aliphatic rings. The van der Waals surface area contributed by atoms with E-state index in [0.717, 1.165) is 18.4 Å². The van der Waals surface area contributed by atoms with Gasteiger partial charge in [0.2, 0.25) is 5.91 Å². The SMILES string of the molecule is COCC(NC(=O)Cc1ccc2c(c1)CCCC2)C(=O)O. The molecule has 1 aromatic rings. The third kappa shape index (κ3) is 4.29. The number of ether oxygens (including phenoxy) is 1. The predicted molar refractivity (Wildman–Crippen MR) is 78.2 cm³/mol. The van der Waals surface area contributed by atoms with Gasteiger partial charge in [-0.3, -0.25) is 4.79 Å². The summed E-state index contributed by atoms with van der Waals surface area (Å²) in [6.45, 7) is -0.0364. The molecule has 0 bridgehead atoms. The van der Waals surface area contributed by atoms with E-state index in [1.807, 2.05) is 6.07 Å². The quantitative estimate of drug-likeness (QED) is 0.829. The van der Waals surface area contributed by atoms with Crippen molar-refractivity contribution in [1.82, 2.24) is 5.32 Å². The summed E-state index contributed by atoms with van der Waals surface area (Å²) in [7, 11) is 1.41. The Bertz CT molecular complexity index is 527. The van der Waals surface area contributed by atoms with E-state index < -0.39 is 12.0 Å². The van der Waals surface area contributed by atoms with Gasteiger partial charge in [-0.1, -0.05) is 18.2 Å². The summed E-state index contributed by atoms with van der Waals surface area (Å²) in [5.74, 6) is -1.38. The van der Waals surface area contributed by atoms with Crippen molar-refractivity contribution in [3.8, 4) is 0 Å². The minimum atomic E-state index is -1.09. The van der Waals surface area contributed by atoms with Gasteiger partial charge < -0.3 is 15.2 Å². The molecule has 1 atom stereocenters. The van der Waals surface area contributed by atoms with Crippen LogP contribution in [0.4, 0.5) is 0 Å². The first-order valence-electron chi connectivity index (χ1n) is 7.22. The number of fused-ring (bicyclic) bond motifs is 1. The fourth-order valence-corrected chi connectivity index (χ4v) is 2.67. The predicted octanol–water partition coefficient (Wildman–Crippen LogP) is 1.32. The normalized spacial score (nSPS) is 15.1. The summed E-state index contributed by atoms with van der Waals surface area (Å²) in [5.41, 5.74) is 3.61. The second-order valence-electron chi connectivity index (χ2n) is 5.40. The number of amides is 1. The molecule has 1 aromatic carbocycles. The fourth-order valence-electron chi connectivity index (χ4n) is 2.67. The van der Waals surface area contributed by atoms with Crippen LogP contribution < -0.4 is 5.32 Å². The zero-order valence-corrected chi connectivity index (χ0v) is 12.2. The summed E-state index contributed by atoms with van der Waals surface area (Å²) in [6.07, 6.45) is 4.78. The number of hydrogen-bond acceptors (Lipinski definition) is 3. The monoisotopic (exact) mass is 291 g/mol. The summed E-state index contributed by atoms with van der Waals surface area (Å²) >= 11 is 0. The number of carbonyl (C=O) groups is 2. The van der Waals surface area contributed by atoms with Crippen molar-refractivity contribution < 1.29 is 19.4 Å². The standard InChI is InChI=1S/C16H21NO4/c1-21-10-14(16(19)20)17-15(18)9-11-6-7-12-4-2-3-5-13(12)8-11/h6-8,14H,2-5,9-10H2,1H3,(H,17,18)(H,19,20). The molecule has 5 nitrogen and oxygen atoms in total. The second-order valence-corrected chi connectivity index (χ2v) is 5.40. The number of hydrogen-bond donors (Lipinski definition) is 2. The summed E-state index contributed by atoms with van der Waals surface area (Å²) in [5, 5.41) is 11.5. The Kier molecular flexibility index (Phi) is 5.33. The number of aryl methyl sites for hydroxylation is 2. The fraction of sp³-hybridized carbons (Fsp3) is 0.500. The molecule has 0 saturated carbocycles. The maximum Gasteiger partial charge on any atom is 0.328 e. The molecule has 0 aliphatic heterocycles. The third-order valence-electron chi connectivity index (χ3n) is 3.74. The summed E-state index contributed by atoms with van der Waals surface area (Å²) in [4.78, 5) is 22.9. The molecule has 5 heteroatoms. The third-order valence-corrected chi connectivity index (χ3v) is 3.74. The van der Waals surface area contributed by atoms with Crippen LogP contribution in [0.2, 0.25) is 0 Å². The van der Waals surface area contributed by atoms with Gasteiger partial charge in [-0.2, -0.15) is 0 Å². The van der Waals surface area contributed by atoms with Crippen LogP contribution in [0.1, 0.15) is 29.5 Å². The van der Waals surface area contributed by atoms with Gasteiger partial charge in [0.15, 0.2) is 6.04 Å². The molecule has 21 heavy (non-hydrogen) atoms. The molecule has 2 rings (SSSR count). The molecule has 0 aromatic heterocycles. The van der Waals surface area contributed by atoms with E-state index in [1.54, 1.807) is 0 Å². The molecule has 0 radical (unpaired) electrons. The molecular weight excluding hydrogens is 270 g/mol. The number of benzene rings is 1. The Labute approximate surface area is 124 Å². The molecule has 0 heterocycles. The van der Waals surface area contributed by atoms with E-state index >= 15 is 0 Å². The number of carboxylic acid groups (broad SMARTS) is 1. The van der Waals surface area contributed by atoms with Crippen LogP contribution >= 0.6 is 0 Å². The molecule has 1 amide bonds. The molecule has 1 unspecified atom stereocenters. The highest BCUT2D eigenvalue weighted by atomic mass is 16.5. The topological polar surface area (TPSA) is 75.6 Å². The number of carbonyl (C=O) groups excluding carboxylic acids is 1. The van der Waals surface area contributed by atoms with E-state index in [2.05, 4.69) is 17.4 Å². The molecule has 0 saturated heterocycles. The van der Waals surface area contributed by atoms with Gasteiger partial charge in [-0.25, -0.2) is 4.79 Å². The Morgan fingerprint density at radius 3 is 2.67 bits per heavy atom. The Balaban J connectivity index is 1.97. The second kappa shape index (κ2) is 7.22. The van der Waals surface area contributed by atoms with Gasteiger partial charge >= 0.3 is 5.97 Å². The van der Waals surface area contributed by atoms with Crippen molar-refractivity contribution in [3.05, 3.63) is 34.9 Å². The zero-order valence-electron chi connectivity index (χ0n) is 12.2. The maximum atomic E-state index is 11.9. The van der Waals surface area contributed by atoms with Crippen molar-refractivity contribution in [2.75, 3.05) is 13.7 Å². The molecule has 0 fully saturated rings. The average Bonchev–Trinajstić information content (AvgIpc) is 2.46. The van der Waals surface area contributed by atoms with Gasteiger partial charge in [-0.05, 0) is 42.4 Å². The van der Waals surface area contributed by atoms with Crippen LogP contribution in [0.25, 0.3) is 0 Å². The largest absolute Gasteiger partial charge is 0.480 e. The zero-order chi connectivity index (χ0) is 15.2. The van der Waals surface area contributed by atoms with Crippen LogP contribution in [0, 0.1) is 0 Å². The lowest BCUT2D eigenvalue weighted by Gasteiger charge is -2.17. The van der Waals surface area contributed by atoms with Gasteiger partial charge in [0.25, 0.3) is 0 Å². The van der Waals surface area contributed by atoms with E-state index in [1.165, 1.54) is 31.1 Å². The average molecular weight is 291 g/mol. The summed E-state index contributed by atoms with van der Waals surface area (Å²) in [6, 6.07) is 5.11. The van der Waals surface area contributed by atoms with Crippen molar-refractivity contribution >= 4 is 11.9 Å². The number of nitrogens with one attached hydrogen (secondary N) is 1. The van der Waals surface area contributed by atoms with E-state index in [9.17, 15) is 9.59 Å². The van der Waals surface area contributed by atoms with Crippen LogP contribution in [0.3, 0.4) is 0 Å². The van der Waals surface area contributed by atoms with Crippen molar-refractivity contribution in [2.24, 2.45) is 0 Å². The smallest absolute Gasteiger partial charge is 0.328 e. The number of aliphatic carboxylic acids is 1. The van der Waals surface area contributed by atoms with Crippen LogP contribution in [-0.4, -0.2) is 36.7 Å². The summed E-state index contributed by atoms with van der Waals surface area (Å²) < 4.78 is 4.80. The molecule has 114 valence electrons. The maximum absolute atomic E-state index is 11.9. The van der Waals surface area contributed by atoms with Crippen molar-refractivity contribution in [1.29, 1.82) is 0 Å². The Morgan fingerprint density at radius 1 is 1.29 bits per heavy atom.